The van der Waals surface area contributed by atoms with Crippen molar-refractivity contribution in [3.63, 3.8) is 0 Å². The maximum absolute atomic E-state index is 6.14. The number of nitrogens with two attached hydrogens (primary N) is 1. The second-order valence-electron chi connectivity index (χ2n) is 5.00. The Morgan fingerprint density at radius 3 is 2.56 bits per heavy atom. The summed E-state index contributed by atoms with van der Waals surface area (Å²) in [7, 11) is 1.68. The van der Waals surface area contributed by atoms with Gasteiger partial charge in [0.15, 0.2) is 0 Å². The number of benzene rings is 1. The molecule has 2 unspecified atom stereocenters. The van der Waals surface area contributed by atoms with E-state index >= 15 is 0 Å². The lowest BCUT2D eigenvalue weighted by atomic mass is 10.1. The molecule has 2 atom stereocenters. The van der Waals surface area contributed by atoms with Crippen molar-refractivity contribution < 1.29 is 9.47 Å². The molecule has 1 aromatic rings. The van der Waals surface area contributed by atoms with Gasteiger partial charge in [-0.2, -0.15) is 0 Å². The molecule has 0 bridgehead atoms. The van der Waals surface area contributed by atoms with Crippen LogP contribution in [0.2, 0.25) is 0 Å². The minimum absolute atomic E-state index is 0.200. The molecular weight excluding hydrogens is 226 g/mol. The van der Waals surface area contributed by atoms with Gasteiger partial charge in [-0.05, 0) is 30.5 Å². The highest BCUT2D eigenvalue weighted by Gasteiger charge is 2.20. The predicted octanol–water partition coefficient (Wildman–Crippen LogP) is 2.87. The Bertz CT molecular complexity index is 350. The molecule has 3 heteroatoms. The smallest absolute Gasteiger partial charge is 0.118 e. The first kappa shape index (κ1) is 13.4. The van der Waals surface area contributed by atoms with E-state index < -0.39 is 0 Å². The first-order valence-corrected chi connectivity index (χ1v) is 6.79. The van der Waals surface area contributed by atoms with Crippen LogP contribution >= 0.6 is 0 Å². The van der Waals surface area contributed by atoms with Gasteiger partial charge in [-0.25, -0.2) is 0 Å². The predicted molar refractivity (Wildman–Crippen MR) is 72.6 cm³/mol. The van der Waals surface area contributed by atoms with Gasteiger partial charge in [0.25, 0.3) is 0 Å². The SMILES string of the molecule is COc1ccc(COC2CCCCCC2N)cc1. The van der Waals surface area contributed by atoms with Crippen molar-refractivity contribution in [3.8, 4) is 5.75 Å². The van der Waals surface area contributed by atoms with Crippen LogP contribution in [-0.2, 0) is 11.3 Å². The van der Waals surface area contributed by atoms with Gasteiger partial charge < -0.3 is 15.2 Å². The Balaban J connectivity index is 1.85. The summed E-state index contributed by atoms with van der Waals surface area (Å²) in [6.07, 6.45) is 6.17. The first-order chi connectivity index (χ1) is 8.79. The molecule has 1 fully saturated rings. The second-order valence-corrected chi connectivity index (χ2v) is 5.00. The van der Waals surface area contributed by atoms with E-state index in [4.69, 9.17) is 15.2 Å². The van der Waals surface area contributed by atoms with E-state index in [0.717, 1.165) is 18.6 Å². The van der Waals surface area contributed by atoms with Crippen LogP contribution in [0.4, 0.5) is 0 Å². The Kier molecular flexibility index (Phi) is 5.02. The Hall–Kier alpha value is -1.06. The van der Waals surface area contributed by atoms with Crippen LogP contribution in [0.25, 0.3) is 0 Å². The molecule has 1 saturated carbocycles. The zero-order chi connectivity index (χ0) is 12.8. The van der Waals surface area contributed by atoms with Crippen molar-refractivity contribution in [3.05, 3.63) is 29.8 Å². The lowest BCUT2D eigenvalue weighted by molar-refractivity contribution is 0.0194. The lowest BCUT2D eigenvalue weighted by Crippen LogP contribution is -2.35. The van der Waals surface area contributed by atoms with Crippen LogP contribution in [0.1, 0.15) is 37.7 Å². The van der Waals surface area contributed by atoms with Crippen LogP contribution in [0.5, 0.6) is 5.75 Å². The first-order valence-electron chi connectivity index (χ1n) is 6.79. The van der Waals surface area contributed by atoms with Crippen LogP contribution in [0.3, 0.4) is 0 Å². The summed E-state index contributed by atoms with van der Waals surface area (Å²) in [5.74, 6) is 0.880. The van der Waals surface area contributed by atoms with Crippen molar-refractivity contribution in [1.82, 2.24) is 0 Å². The van der Waals surface area contributed by atoms with Crippen LogP contribution in [0.15, 0.2) is 24.3 Å². The van der Waals surface area contributed by atoms with Crippen molar-refractivity contribution in [2.75, 3.05) is 7.11 Å². The molecule has 2 rings (SSSR count). The molecule has 0 radical (unpaired) electrons. The highest BCUT2D eigenvalue weighted by atomic mass is 16.5. The van der Waals surface area contributed by atoms with E-state index in [1.54, 1.807) is 7.11 Å². The molecule has 0 amide bonds. The van der Waals surface area contributed by atoms with Crippen molar-refractivity contribution >= 4 is 0 Å². The summed E-state index contributed by atoms with van der Waals surface area (Å²) in [4.78, 5) is 0. The summed E-state index contributed by atoms with van der Waals surface area (Å²) in [6, 6.07) is 8.21. The van der Waals surface area contributed by atoms with E-state index in [1.165, 1.54) is 24.8 Å². The molecule has 1 aromatic carbocycles. The minimum Gasteiger partial charge on any atom is -0.497 e. The Morgan fingerprint density at radius 2 is 1.83 bits per heavy atom. The third kappa shape index (κ3) is 3.72. The quantitative estimate of drug-likeness (QED) is 0.834. The van der Waals surface area contributed by atoms with E-state index in [1.807, 2.05) is 24.3 Å². The van der Waals surface area contributed by atoms with E-state index in [9.17, 15) is 0 Å². The Labute approximate surface area is 109 Å². The number of hydrogen-bond acceptors (Lipinski definition) is 3. The topological polar surface area (TPSA) is 44.5 Å². The molecular formula is C15H23NO2. The number of hydrogen-bond donors (Lipinski definition) is 1. The molecule has 2 N–H and O–H groups in total. The van der Waals surface area contributed by atoms with Gasteiger partial charge in [0, 0.05) is 6.04 Å². The second kappa shape index (κ2) is 6.76. The van der Waals surface area contributed by atoms with Gasteiger partial charge in [0.2, 0.25) is 0 Å². The molecule has 1 aliphatic carbocycles. The van der Waals surface area contributed by atoms with Crippen LogP contribution < -0.4 is 10.5 Å². The van der Waals surface area contributed by atoms with Crippen molar-refractivity contribution in [1.29, 1.82) is 0 Å². The third-order valence-corrected chi connectivity index (χ3v) is 3.63. The summed E-state index contributed by atoms with van der Waals surface area (Å²) in [5, 5.41) is 0. The number of ether oxygens (including phenoxy) is 2. The highest BCUT2D eigenvalue weighted by Crippen LogP contribution is 2.21. The molecule has 0 heterocycles. The largest absolute Gasteiger partial charge is 0.497 e. The minimum atomic E-state index is 0.200. The monoisotopic (exact) mass is 249 g/mol. The van der Waals surface area contributed by atoms with Crippen molar-refractivity contribution in [2.45, 2.75) is 50.9 Å². The Morgan fingerprint density at radius 1 is 1.11 bits per heavy atom. The summed E-state index contributed by atoms with van der Waals surface area (Å²) < 4.78 is 11.1. The molecule has 0 saturated heterocycles. The molecule has 0 spiro atoms. The normalized spacial score (nSPS) is 24.6. The average molecular weight is 249 g/mol. The average Bonchev–Trinajstić information content (AvgIpc) is 2.62. The van der Waals surface area contributed by atoms with E-state index in [2.05, 4.69) is 0 Å². The van der Waals surface area contributed by atoms with Gasteiger partial charge in [-0.3, -0.25) is 0 Å². The van der Waals surface area contributed by atoms with Gasteiger partial charge in [0.05, 0.1) is 19.8 Å². The van der Waals surface area contributed by atoms with E-state index in [0.29, 0.717) is 6.61 Å². The number of rotatable bonds is 4. The molecule has 18 heavy (non-hydrogen) atoms. The summed E-state index contributed by atoms with van der Waals surface area (Å²) in [5.41, 5.74) is 7.32. The molecule has 0 aromatic heterocycles. The van der Waals surface area contributed by atoms with Gasteiger partial charge in [-0.15, -0.1) is 0 Å². The fourth-order valence-electron chi connectivity index (χ4n) is 2.43. The number of methoxy groups -OCH3 is 1. The van der Waals surface area contributed by atoms with Gasteiger partial charge in [0.1, 0.15) is 5.75 Å². The molecule has 0 aliphatic heterocycles. The maximum Gasteiger partial charge on any atom is 0.118 e. The standard InChI is InChI=1S/C15H23NO2/c1-17-13-9-7-12(8-10-13)11-18-15-6-4-2-3-5-14(15)16/h7-10,14-15H,2-6,11,16H2,1H3. The third-order valence-electron chi connectivity index (χ3n) is 3.63. The van der Waals surface area contributed by atoms with Crippen LogP contribution in [0, 0.1) is 0 Å². The molecule has 1 aliphatic rings. The van der Waals surface area contributed by atoms with E-state index in [-0.39, 0.29) is 12.1 Å². The molecule has 100 valence electrons. The van der Waals surface area contributed by atoms with Crippen LogP contribution in [-0.4, -0.2) is 19.3 Å². The lowest BCUT2D eigenvalue weighted by Gasteiger charge is -2.21. The zero-order valence-electron chi connectivity index (χ0n) is 11.1. The zero-order valence-corrected chi connectivity index (χ0v) is 11.1. The van der Waals surface area contributed by atoms with Gasteiger partial charge in [-0.1, -0.05) is 31.4 Å². The van der Waals surface area contributed by atoms with Crippen molar-refractivity contribution in [2.24, 2.45) is 5.73 Å². The maximum atomic E-state index is 6.14. The summed E-state index contributed by atoms with van der Waals surface area (Å²) >= 11 is 0. The summed E-state index contributed by atoms with van der Waals surface area (Å²) in [6.45, 7) is 0.641. The highest BCUT2D eigenvalue weighted by molar-refractivity contribution is 5.26. The molecule has 3 nitrogen and oxygen atoms in total. The van der Waals surface area contributed by atoms with Gasteiger partial charge >= 0.3 is 0 Å². The fourth-order valence-corrected chi connectivity index (χ4v) is 2.43. The fraction of sp³-hybridized carbons (Fsp3) is 0.600.